The maximum atomic E-state index is 13.8. The van der Waals surface area contributed by atoms with Gasteiger partial charge in [0, 0.05) is 26.2 Å². The number of nitrogens with zero attached hydrogens (tertiary/aromatic N) is 2. The maximum Gasteiger partial charge on any atom is 0.246 e. The van der Waals surface area contributed by atoms with Crippen LogP contribution >= 0.6 is 0 Å². The van der Waals surface area contributed by atoms with Gasteiger partial charge in [0.25, 0.3) is 0 Å². The SMILES string of the molecule is CN1CCCN(S(=O)(=O)c2cc(N)c(F)cc2F)CC1=O. The van der Waals surface area contributed by atoms with E-state index in [0.29, 0.717) is 19.0 Å². The summed E-state index contributed by atoms with van der Waals surface area (Å²) < 4.78 is 52.6. The van der Waals surface area contributed by atoms with Crippen LogP contribution in [-0.2, 0) is 14.8 Å². The second-order valence-corrected chi connectivity index (χ2v) is 6.72. The minimum Gasteiger partial charge on any atom is -0.396 e. The smallest absolute Gasteiger partial charge is 0.246 e. The van der Waals surface area contributed by atoms with E-state index in [2.05, 4.69) is 0 Å². The molecule has 0 unspecified atom stereocenters. The Morgan fingerprint density at radius 1 is 1.19 bits per heavy atom. The van der Waals surface area contributed by atoms with Crippen molar-refractivity contribution in [3.63, 3.8) is 0 Å². The van der Waals surface area contributed by atoms with Gasteiger partial charge in [0.05, 0.1) is 12.2 Å². The van der Waals surface area contributed by atoms with Gasteiger partial charge in [-0.15, -0.1) is 0 Å². The quantitative estimate of drug-likeness (QED) is 0.800. The zero-order chi connectivity index (χ0) is 15.8. The number of rotatable bonds is 2. The molecule has 9 heteroatoms. The molecule has 116 valence electrons. The fourth-order valence-corrected chi connectivity index (χ4v) is 3.56. The van der Waals surface area contributed by atoms with Gasteiger partial charge in [-0.1, -0.05) is 0 Å². The Bertz CT molecular complexity index is 679. The third-order valence-corrected chi connectivity index (χ3v) is 5.17. The summed E-state index contributed by atoms with van der Waals surface area (Å²) in [4.78, 5) is 12.4. The lowest BCUT2D eigenvalue weighted by molar-refractivity contribution is -0.129. The highest BCUT2D eigenvalue weighted by Crippen LogP contribution is 2.24. The fourth-order valence-electron chi connectivity index (χ4n) is 2.05. The van der Waals surface area contributed by atoms with E-state index in [1.165, 1.54) is 4.90 Å². The summed E-state index contributed by atoms with van der Waals surface area (Å²) >= 11 is 0. The Morgan fingerprint density at radius 3 is 2.52 bits per heavy atom. The molecular weight excluding hydrogens is 304 g/mol. The van der Waals surface area contributed by atoms with Gasteiger partial charge in [0.1, 0.15) is 16.5 Å². The van der Waals surface area contributed by atoms with E-state index in [1.807, 2.05) is 0 Å². The van der Waals surface area contributed by atoms with Crippen LogP contribution in [0, 0.1) is 11.6 Å². The molecule has 21 heavy (non-hydrogen) atoms. The number of carbonyl (C=O) groups is 1. The number of likely N-dealkylation sites (N-methyl/N-ethyl adjacent to an activating group) is 1. The summed E-state index contributed by atoms with van der Waals surface area (Å²) in [5, 5.41) is 0. The molecule has 2 rings (SSSR count). The van der Waals surface area contributed by atoms with Crippen LogP contribution in [0.2, 0.25) is 0 Å². The second kappa shape index (κ2) is 5.57. The van der Waals surface area contributed by atoms with Crippen molar-refractivity contribution in [2.45, 2.75) is 11.3 Å². The van der Waals surface area contributed by atoms with Crippen LogP contribution < -0.4 is 5.73 Å². The lowest BCUT2D eigenvalue weighted by Crippen LogP contribution is -2.38. The van der Waals surface area contributed by atoms with E-state index in [1.54, 1.807) is 7.05 Å². The van der Waals surface area contributed by atoms with Crippen molar-refractivity contribution < 1.29 is 22.0 Å². The number of hydrogen-bond acceptors (Lipinski definition) is 4. The van der Waals surface area contributed by atoms with Crippen molar-refractivity contribution >= 4 is 21.6 Å². The number of halogens is 2. The van der Waals surface area contributed by atoms with Gasteiger partial charge in [-0.2, -0.15) is 4.31 Å². The minimum atomic E-state index is -4.25. The van der Waals surface area contributed by atoms with Crippen LogP contribution in [0.3, 0.4) is 0 Å². The third-order valence-electron chi connectivity index (χ3n) is 3.31. The van der Waals surface area contributed by atoms with Crippen LogP contribution in [-0.4, -0.2) is 50.2 Å². The van der Waals surface area contributed by atoms with Gasteiger partial charge in [0.2, 0.25) is 15.9 Å². The molecule has 0 atom stereocenters. The van der Waals surface area contributed by atoms with Crippen LogP contribution in [0.25, 0.3) is 0 Å². The number of sulfonamides is 1. The first-order chi connectivity index (χ1) is 9.73. The molecule has 1 amide bonds. The van der Waals surface area contributed by atoms with E-state index in [0.717, 1.165) is 10.4 Å². The molecule has 0 aliphatic carbocycles. The number of nitrogen functional groups attached to an aromatic ring is 1. The molecular formula is C12H15F2N3O3S. The van der Waals surface area contributed by atoms with Gasteiger partial charge < -0.3 is 10.6 Å². The van der Waals surface area contributed by atoms with Crippen molar-refractivity contribution in [2.24, 2.45) is 0 Å². The maximum absolute atomic E-state index is 13.8. The fraction of sp³-hybridized carbons (Fsp3) is 0.417. The van der Waals surface area contributed by atoms with Crippen molar-refractivity contribution in [1.29, 1.82) is 0 Å². The molecule has 0 radical (unpaired) electrons. The van der Waals surface area contributed by atoms with Crippen LogP contribution in [0.15, 0.2) is 17.0 Å². The number of amides is 1. The van der Waals surface area contributed by atoms with Crippen molar-refractivity contribution in [3.8, 4) is 0 Å². The van der Waals surface area contributed by atoms with E-state index >= 15 is 0 Å². The highest BCUT2D eigenvalue weighted by Gasteiger charge is 2.32. The molecule has 0 aromatic heterocycles. The first-order valence-corrected chi connectivity index (χ1v) is 7.66. The van der Waals surface area contributed by atoms with Crippen LogP contribution in [0.4, 0.5) is 14.5 Å². The van der Waals surface area contributed by atoms with Crippen molar-refractivity contribution in [1.82, 2.24) is 9.21 Å². The Kier molecular flexibility index (Phi) is 4.15. The topological polar surface area (TPSA) is 83.7 Å². The molecule has 1 aliphatic rings. The monoisotopic (exact) mass is 319 g/mol. The van der Waals surface area contributed by atoms with Gasteiger partial charge in [-0.25, -0.2) is 17.2 Å². The highest BCUT2D eigenvalue weighted by atomic mass is 32.2. The standard InChI is InChI=1S/C12H15F2N3O3S/c1-16-3-2-4-17(7-12(16)18)21(19,20)11-6-10(15)8(13)5-9(11)14/h5-6H,2-4,7,15H2,1H3. The Morgan fingerprint density at radius 2 is 1.86 bits per heavy atom. The number of anilines is 1. The Balaban J connectivity index is 2.42. The van der Waals surface area contributed by atoms with Gasteiger partial charge in [-0.05, 0) is 12.5 Å². The molecule has 1 aromatic carbocycles. The minimum absolute atomic E-state index is 0.0785. The number of nitrogens with two attached hydrogens (primary N) is 1. The van der Waals surface area contributed by atoms with E-state index in [-0.39, 0.29) is 19.0 Å². The van der Waals surface area contributed by atoms with E-state index in [9.17, 15) is 22.0 Å². The molecule has 1 heterocycles. The predicted molar refractivity (Wildman–Crippen MR) is 71.8 cm³/mol. The molecule has 1 aliphatic heterocycles. The van der Waals surface area contributed by atoms with E-state index in [4.69, 9.17) is 5.73 Å². The normalized spacial score (nSPS) is 17.9. The zero-order valence-electron chi connectivity index (χ0n) is 11.3. The first-order valence-electron chi connectivity index (χ1n) is 6.22. The predicted octanol–water partition coefficient (Wildman–Crippen LogP) is 0.400. The van der Waals surface area contributed by atoms with Crippen LogP contribution in [0.5, 0.6) is 0 Å². The number of carbonyl (C=O) groups excluding carboxylic acids is 1. The molecule has 6 nitrogen and oxygen atoms in total. The average molecular weight is 319 g/mol. The zero-order valence-corrected chi connectivity index (χ0v) is 12.2. The summed E-state index contributed by atoms with van der Waals surface area (Å²) in [6, 6.07) is 1.16. The molecule has 0 spiro atoms. The Labute approximate surface area is 121 Å². The Hall–Kier alpha value is -1.74. The van der Waals surface area contributed by atoms with Gasteiger partial charge in [0.15, 0.2) is 0 Å². The molecule has 0 bridgehead atoms. The third kappa shape index (κ3) is 2.98. The summed E-state index contributed by atoms with van der Waals surface area (Å²) in [5.74, 6) is -2.64. The summed E-state index contributed by atoms with van der Waals surface area (Å²) in [6.07, 6.45) is 0.430. The molecule has 0 saturated carbocycles. The number of benzene rings is 1. The average Bonchev–Trinajstić information content (AvgIpc) is 2.57. The summed E-state index contributed by atoms with van der Waals surface area (Å²) in [6.45, 7) is 0.115. The largest absolute Gasteiger partial charge is 0.396 e. The van der Waals surface area contributed by atoms with E-state index < -0.39 is 32.2 Å². The first kappa shape index (κ1) is 15.6. The summed E-state index contributed by atoms with van der Waals surface area (Å²) in [7, 11) is -2.68. The molecule has 1 fully saturated rings. The van der Waals surface area contributed by atoms with Crippen molar-refractivity contribution in [2.75, 3.05) is 32.4 Å². The second-order valence-electron chi connectivity index (χ2n) is 4.81. The lowest BCUT2D eigenvalue weighted by Gasteiger charge is -2.20. The molecule has 2 N–H and O–H groups in total. The van der Waals surface area contributed by atoms with Crippen molar-refractivity contribution in [3.05, 3.63) is 23.8 Å². The van der Waals surface area contributed by atoms with Crippen LogP contribution in [0.1, 0.15) is 6.42 Å². The molecule has 1 aromatic rings. The van der Waals surface area contributed by atoms with Gasteiger partial charge >= 0.3 is 0 Å². The lowest BCUT2D eigenvalue weighted by atomic mass is 10.3. The number of hydrogen-bond donors (Lipinski definition) is 1. The summed E-state index contributed by atoms with van der Waals surface area (Å²) in [5.41, 5.74) is 4.83. The van der Waals surface area contributed by atoms with Gasteiger partial charge in [-0.3, -0.25) is 4.79 Å². The molecule has 1 saturated heterocycles. The highest BCUT2D eigenvalue weighted by molar-refractivity contribution is 7.89.